The Bertz CT molecular complexity index is 398. The molecule has 0 saturated carbocycles. The summed E-state index contributed by atoms with van der Waals surface area (Å²) < 4.78 is 5.07. The molecule has 0 aromatic carbocycles. The van der Waals surface area contributed by atoms with Gasteiger partial charge in [-0.2, -0.15) is 0 Å². The maximum Gasteiger partial charge on any atom is 0.311 e. The van der Waals surface area contributed by atoms with Crippen molar-refractivity contribution >= 4 is 11.5 Å². The molecule has 0 fully saturated rings. The van der Waals surface area contributed by atoms with Crippen LogP contribution in [0, 0.1) is 17.0 Å². The van der Waals surface area contributed by atoms with Gasteiger partial charge in [0.1, 0.15) is 0 Å². The summed E-state index contributed by atoms with van der Waals surface area (Å²) in [5, 5.41) is 22.2. The summed E-state index contributed by atoms with van der Waals surface area (Å²) >= 11 is 0. The van der Waals surface area contributed by atoms with Crippen molar-refractivity contribution in [2.45, 2.75) is 13.3 Å². The topological polar surface area (TPSA) is 97.5 Å². The molecule has 7 nitrogen and oxygen atoms in total. The first kappa shape index (κ1) is 14.3. The first-order chi connectivity index (χ1) is 8.65. The van der Waals surface area contributed by atoms with Crippen LogP contribution in [0.1, 0.15) is 12.0 Å². The predicted octanol–water partition coefficient (Wildman–Crippen LogP) is 1.11. The van der Waals surface area contributed by atoms with Gasteiger partial charge in [0.25, 0.3) is 0 Å². The Morgan fingerprint density at radius 3 is 3.00 bits per heavy atom. The standard InChI is InChI=1S/C11H17N3O4/c1-9-7-10(14(16)17)11(13-8-9)12-3-2-5-18-6-4-15/h7-8,15H,2-6H2,1H3,(H,12,13). The van der Waals surface area contributed by atoms with Gasteiger partial charge < -0.3 is 15.2 Å². The molecule has 7 heteroatoms. The average molecular weight is 255 g/mol. The number of nitrogens with zero attached hydrogens (tertiary/aromatic N) is 2. The van der Waals surface area contributed by atoms with Crippen LogP contribution in [0.4, 0.5) is 11.5 Å². The summed E-state index contributed by atoms with van der Waals surface area (Å²) in [6.07, 6.45) is 2.27. The number of nitrogens with one attached hydrogen (secondary N) is 1. The fourth-order valence-electron chi connectivity index (χ4n) is 1.38. The van der Waals surface area contributed by atoms with Gasteiger partial charge in [-0.3, -0.25) is 10.1 Å². The van der Waals surface area contributed by atoms with Crippen LogP contribution in [0.3, 0.4) is 0 Å². The van der Waals surface area contributed by atoms with E-state index in [1.807, 2.05) is 0 Å². The van der Waals surface area contributed by atoms with Crippen molar-refractivity contribution in [3.63, 3.8) is 0 Å². The summed E-state index contributed by atoms with van der Waals surface area (Å²) in [6.45, 7) is 3.09. The third kappa shape index (κ3) is 4.64. The lowest BCUT2D eigenvalue weighted by Crippen LogP contribution is -2.10. The number of aryl methyl sites for hydroxylation is 1. The zero-order valence-electron chi connectivity index (χ0n) is 10.3. The molecule has 0 saturated heterocycles. The van der Waals surface area contributed by atoms with Crippen LogP contribution in [-0.4, -0.2) is 41.4 Å². The van der Waals surface area contributed by atoms with Crippen molar-refractivity contribution in [3.8, 4) is 0 Å². The number of anilines is 1. The Morgan fingerprint density at radius 1 is 1.56 bits per heavy atom. The normalized spacial score (nSPS) is 10.3. The lowest BCUT2D eigenvalue weighted by Gasteiger charge is -2.06. The molecule has 0 spiro atoms. The maximum atomic E-state index is 10.8. The van der Waals surface area contributed by atoms with Crippen LogP contribution in [0.25, 0.3) is 0 Å². The van der Waals surface area contributed by atoms with Gasteiger partial charge in [-0.15, -0.1) is 0 Å². The number of hydrogen-bond acceptors (Lipinski definition) is 6. The maximum absolute atomic E-state index is 10.8. The van der Waals surface area contributed by atoms with E-state index in [0.29, 0.717) is 26.2 Å². The summed E-state index contributed by atoms with van der Waals surface area (Å²) in [5.41, 5.74) is 0.727. The van der Waals surface area contributed by atoms with E-state index in [-0.39, 0.29) is 18.1 Å². The lowest BCUT2D eigenvalue weighted by molar-refractivity contribution is -0.384. The number of rotatable bonds is 8. The highest BCUT2D eigenvalue weighted by Gasteiger charge is 2.14. The van der Waals surface area contributed by atoms with Crippen molar-refractivity contribution in [3.05, 3.63) is 27.9 Å². The first-order valence-electron chi connectivity index (χ1n) is 5.68. The van der Waals surface area contributed by atoms with Crippen LogP contribution >= 0.6 is 0 Å². The quantitative estimate of drug-likeness (QED) is 0.410. The van der Waals surface area contributed by atoms with Gasteiger partial charge in [-0.25, -0.2) is 4.98 Å². The Hall–Kier alpha value is -1.73. The van der Waals surface area contributed by atoms with Crippen LogP contribution in [0.15, 0.2) is 12.3 Å². The Labute approximate surface area is 105 Å². The van der Waals surface area contributed by atoms with E-state index < -0.39 is 4.92 Å². The van der Waals surface area contributed by atoms with Crippen LogP contribution in [0.5, 0.6) is 0 Å². The van der Waals surface area contributed by atoms with E-state index in [1.54, 1.807) is 13.1 Å². The highest BCUT2D eigenvalue weighted by Crippen LogP contribution is 2.22. The molecule has 100 valence electrons. The summed E-state index contributed by atoms with van der Waals surface area (Å²) in [5.74, 6) is 0.271. The van der Waals surface area contributed by atoms with Crippen molar-refractivity contribution in [2.75, 3.05) is 31.7 Å². The minimum absolute atomic E-state index is 0.00157. The molecule has 0 aliphatic carbocycles. The van der Waals surface area contributed by atoms with Gasteiger partial charge in [0.15, 0.2) is 0 Å². The van der Waals surface area contributed by atoms with Crippen LogP contribution < -0.4 is 5.32 Å². The fourth-order valence-corrected chi connectivity index (χ4v) is 1.38. The number of ether oxygens (including phenoxy) is 1. The Balaban J connectivity index is 2.44. The van der Waals surface area contributed by atoms with E-state index in [4.69, 9.17) is 9.84 Å². The average Bonchev–Trinajstić information content (AvgIpc) is 2.35. The Kier molecular flexibility index (Phi) is 6.03. The molecule has 1 rings (SSSR count). The lowest BCUT2D eigenvalue weighted by atomic mass is 10.3. The Morgan fingerprint density at radius 2 is 2.33 bits per heavy atom. The number of hydrogen-bond donors (Lipinski definition) is 2. The highest BCUT2D eigenvalue weighted by molar-refractivity contribution is 5.56. The monoisotopic (exact) mass is 255 g/mol. The van der Waals surface area contributed by atoms with Gasteiger partial charge in [-0.05, 0) is 18.9 Å². The van der Waals surface area contributed by atoms with Crippen molar-refractivity contribution < 1.29 is 14.8 Å². The van der Waals surface area contributed by atoms with Crippen molar-refractivity contribution in [2.24, 2.45) is 0 Å². The van der Waals surface area contributed by atoms with Crippen LogP contribution in [-0.2, 0) is 4.74 Å². The second kappa shape index (κ2) is 7.57. The molecule has 0 atom stereocenters. The summed E-state index contributed by atoms with van der Waals surface area (Å²) in [4.78, 5) is 14.4. The predicted molar refractivity (Wildman–Crippen MR) is 66.6 cm³/mol. The van der Waals surface area contributed by atoms with E-state index >= 15 is 0 Å². The number of aromatic nitrogens is 1. The molecule has 0 bridgehead atoms. The van der Waals surface area contributed by atoms with Gasteiger partial charge in [0, 0.05) is 25.4 Å². The molecule has 0 unspecified atom stereocenters. The van der Waals surface area contributed by atoms with E-state index in [0.717, 1.165) is 5.56 Å². The van der Waals surface area contributed by atoms with Crippen molar-refractivity contribution in [1.29, 1.82) is 0 Å². The largest absolute Gasteiger partial charge is 0.394 e. The van der Waals surface area contributed by atoms with Gasteiger partial charge in [-0.1, -0.05) is 0 Å². The smallest absolute Gasteiger partial charge is 0.311 e. The highest BCUT2D eigenvalue weighted by atomic mass is 16.6. The molecule has 2 N–H and O–H groups in total. The van der Waals surface area contributed by atoms with Gasteiger partial charge >= 0.3 is 5.69 Å². The molecule has 0 amide bonds. The molecule has 1 aromatic rings. The molecule has 0 aliphatic rings. The number of aliphatic hydroxyl groups is 1. The fraction of sp³-hybridized carbons (Fsp3) is 0.545. The number of nitro groups is 1. The van der Waals surface area contributed by atoms with E-state index in [9.17, 15) is 10.1 Å². The minimum atomic E-state index is -0.454. The van der Waals surface area contributed by atoms with Gasteiger partial charge in [0.05, 0.1) is 18.1 Å². The third-order valence-corrected chi connectivity index (χ3v) is 2.19. The second-order valence-electron chi connectivity index (χ2n) is 3.75. The molecular formula is C11H17N3O4. The van der Waals surface area contributed by atoms with Crippen LogP contribution in [0.2, 0.25) is 0 Å². The minimum Gasteiger partial charge on any atom is -0.394 e. The summed E-state index contributed by atoms with van der Waals surface area (Å²) in [6, 6.07) is 1.48. The van der Waals surface area contributed by atoms with Gasteiger partial charge in [0.2, 0.25) is 5.82 Å². The van der Waals surface area contributed by atoms with E-state index in [2.05, 4.69) is 10.3 Å². The van der Waals surface area contributed by atoms with Crippen molar-refractivity contribution in [1.82, 2.24) is 4.98 Å². The molecule has 0 radical (unpaired) electrons. The number of aliphatic hydroxyl groups excluding tert-OH is 1. The number of pyridine rings is 1. The third-order valence-electron chi connectivity index (χ3n) is 2.19. The zero-order chi connectivity index (χ0) is 13.4. The van der Waals surface area contributed by atoms with E-state index in [1.165, 1.54) is 6.07 Å². The molecular weight excluding hydrogens is 238 g/mol. The first-order valence-corrected chi connectivity index (χ1v) is 5.68. The molecule has 0 aliphatic heterocycles. The summed E-state index contributed by atoms with van der Waals surface area (Å²) in [7, 11) is 0. The SMILES string of the molecule is Cc1cnc(NCCCOCCO)c([N+](=O)[O-])c1. The molecule has 18 heavy (non-hydrogen) atoms. The second-order valence-corrected chi connectivity index (χ2v) is 3.75. The zero-order valence-corrected chi connectivity index (χ0v) is 10.3. The molecule has 1 heterocycles. The molecule has 1 aromatic heterocycles.